The number of terminal acetylenes is 1. The van der Waals surface area contributed by atoms with Crippen molar-refractivity contribution in [2.24, 2.45) is 0 Å². The maximum atomic E-state index is 10.5. The lowest BCUT2D eigenvalue weighted by Gasteiger charge is -1.95. The number of rotatable bonds is 2. The van der Waals surface area contributed by atoms with Crippen LogP contribution in [0.1, 0.15) is 5.69 Å². The minimum atomic E-state index is -0.417. The Balaban J connectivity index is 2.36. The molecule has 0 aromatic carbocycles. The van der Waals surface area contributed by atoms with Gasteiger partial charge in [-0.2, -0.15) is 5.10 Å². The lowest BCUT2D eigenvalue weighted by molar-refractivity contribution is -0.115. The quantitative estimate of drug-likeness (QED) is 0.565. The van der Waals surface area contributed by atoms with Gasteiger partial charge in [-0.25, -0.2) is 0 Å². The Kier molecular flexibility index (Phi) is 2.28. The van der Waals surface area contributed by atoms with E-state index >= 15 is 0 Å². The van der Waals surface area contributed by atoms with Crippen LogP contribution in [0.2, 0.25) is 0 Å². The summed E-state index contributed by atoms with van der Waals surface area (Å²) in [6, 6.07) is 1.76. The number of hydrogen-bond acceptors (Lipinski definition) is 2. The van der Waals surface area contributed by atoms with E-state index in [9.17, 15) is 4.79 Å². The molecule has 0 unspecified atom stereocenters. The van der Waals surface area contributed by atoms with Gasteiger partial charge in [-0.05, 0) is 12.0 Å². The summed E-state index contributed by atoms with van der Waals surface area (Å²) in [6.45, 7) is 0.392. The molecule has 0 atom stereocenters. The first kappa shape index (κ1) is 7.35. The zero-order valence-electron chi connectivity index (χ0n) is 5.79. The molecule has 4 nitrogen and oxygen atoms in total. The van der Waals surface area contributed by atoms with E-state index in [1.165, 1.54) is 0 Å². The Labute approximate surface area is 64.0 Å². The monoisotopic (exact) mass is 149 g/mol. The molecule has 0 radical (unpaired) electrons. The van der Waals surface area contributed by atoms with Gasteiger partial charge in [0.2, 0.25) is 0 Å². The zero-order chi connectivity index (χ0) is 8.10. The van der Waals surface area contributed by atoms with Gasteiger partial charge in [-0.15, -0.1) is 6.42 Å². The number of hydrogen-bond donors (Lipinski definition) is 2. The molecule has 1 heterocycles. The van der Waals surface area contributed by atoms with Crippen LogP contribution in [0.15, 0.2) is 12.3 Å². The van der Waals surface area contributed by atoms with Gasteiger partial charge < -0.3 is 5.32 Å². The number of nitrogens with zero attached hydrogens (tertiary/aromatic N) is 1. The van der Waals surface area contributed by atoms with E-state index in [2.05, 4.69) is 15.5 Å². The maximum Gasteiger partial charge on any atom is 0.295 e. The van der Waals surface area contributed by atoms with Gasteiger partial charge in [-0.1, -0.05) is 0 Å². The first-order chi connectivity index (χ1) is 5.33. The number of carbonyl (C=O) groups is 1. The fourth-order valence-corrected chi connectivity index (χ4v) is 0.610. The standard InChI is InChI=1S/C7H7N3O/c1-2-7(11)8-5-6-3-4-9-10-6/h1,3-4H,5H2,(H,8,11)(H,9,10). The summed E-state index contributed by atoms with van der Waals surface area (Å²) in [5, 5.41) is 8.87. The number of aromatic amines is 1. The van der Waals surface area contributed by atoms with Crippen molar-refractivity contribution in [1.29, 1.82) is 0 Å². The van der Waals surface area contributed by atoms with Crippen molar-refractivity contribution >= 4 is 5.91 Å². The predicted molar refractivity (Wildman–Crippen MR) is 39.3 cm³/mol. The molecule has 1 aromatic heterocycles. The van der Waals surface area contributed by atoms with Crippen LogP contribution in [0.25, 0.3) is 0 Å². The fraction of sp³-hybridized carbons (Fsp3) is 0.143. The Bertz CT molecular complexity index is 270. The molecule has 4 heteroatoms. The highest BCUT2D eigenvalue weighted by atomic mass is 16.1. The molecule has 1 amide bonds. The van der Waals surface area contributed by atoms with Crippen LogP contribution in [0.5, 0.6) is 0 Å². The largest absolute Gasteiger partial charge is 0.340 e. The third-order valence-electron chi connectivity index (χ3n) is 1.13. The topological polar surface area (TPSA) is 57.8 Å². The molecule has 0 fully saturated rings. The normalized spacial score (nSPS) is 8.64. The molecule has 0 aliphatic rings. The highest BCUT2D eigenvalue weighted by Crippen LogP contribution is 1.88. The molecule has 11 heavy (non-hydrogen) atoms. The van der Waals surface area contributed by atoms with Crippen molar-refractivity contribution in [2.45, 2.75) is 6.54 Å². The van der Waals surface area contributed by atoms with Crippen molar-refractivity contribution in [1.82, 2.24) is 15.5 Å². The molecule has 0 aliphatic heterocycles. The molecule has 0 saturated heterocycles. The van der Waals surface area contributed by atoms with E-state index < -0.39 is 5.91 Å². The fourth-order valence-electron chi connectivity index (χ4n) is 0.610. The minimum Gasteiger partial charge on any atom is -0.340 e. The summed E-state index contributed by atoms with van der Waals surface area (Å²) >= 11 is 0. The summed E-state index contributed by atoms with van der Waals surface area (Å²) < 4.78 is 0. The van der Waals surface area contributed by atoms with Gasteiger partial charge in [0.15, 0.2) is 0 Å². The lowest BCUT2D eigenvalue weighted by atomic mass is 10.4. The summed E-state index contributed by atoms with van der Waals surface area (Å²) in [5.41, 5.74) is 0.827. The van der Waals surface area contributed by atoms with E-state index in [1.807, 2.05) is 5.92 Å². The first-order valence-electron chi connectivity index (χ1n) is 3.05. The second-order valence-corrected chi connectivity index (χ2v) is 1.91. The molecule has 0 aliphatic carbocycles. The van der Waals surface area contributed by atoms with E-state index in [0.717, 1.165) is 5.69 Å². The number of aromatic nitrogens is 2. The smallest absolute Gasteiger partial charge is 0.295 e. The van der Waals surface area contributed by atoms with Gasteiger partial charge in [0.1, 0.15) is 0 Å². The summed E-state index contributed by atoms with van der Waals surface area (Å²) in [7, 11) is 0. The van der Waals surface area contributed by atoms with Crippen LogP contribution < -0.4 is 5.32 Å². The molecule has 1 aromatic rings. The molecule has 0 bridgehead atoms. The van der Waals surface area contributed by atoms with Crippen LogP contribution in [-0.2, 0) is 11.3 Å². The van der Waals surface area contributed by atoms with Gasteiger partial charge in [0.05, 0.1) is 12.2 Å². The molecular formula is C7H7N3O. The summed E-state index contributed by atoms with van der Waals surface area (Å²) in [5.74, 6) is 1.53. The summed E-state index contributed by atoms with van der Waals surface area (Å²) in [4.78, 5) is 10.5. The third kappa shape index (κ3) is 2.14. The van der Waals surface area contributed by atoms with Crippen LogP contribution in [0.3, 0.4) is 0 Å². The van der Waals surface area contributed by atoms with Gasteiger partial charge in [0, 0.05) is 6.20 Å². The SMILES string of the molecule is C#CC(=O)NCc1ccn[nH]1. The predicted octanol–water partition coefficient (Wildman–Crippen LogP) is -0.341. The first-order valence-corrected chi connectivity index (χ1v) is 3.05. The van der Waals surface area contributed by atoms with Crippen LogP contribution in [-0.4, -0.2) is 16.1 Å². The van der Waals surface area contributed by atoms with Crippen LogP contribution in [0, 0.1) is 12.3 Å². The molecule has 0 spiro atoms. The van der Waals surface area contributed by atoms with E-state index in [0.29, 0.717) is 6.54 Å². The Morgan fingerprint density at radius 2 is 2.73 bits per heavy atom. The Morgan fingerprint density at radius 3 is 3.27 bits per heavy atom. The number of H-pyrrole nitrogens is 1. The average Bonchev–Trinajstić information content (AvgIpc) is 2.52. The number of carbonyl (C=O) groups excluding carboxylic acids is 1. The maximum absolute atomic E-state index is 10.5. The zero-order valence-corrected chi connectivity index (χ0v) is 5.79. The van der Waals surface area contributed by atoms with Crippen molar-refractivity contribution < 1.29 is 4.79 Å². The van der Waals surface area contributed by atoms with Gasteiger partial charge in [0.25, 0.3) is 5.91 Å². The number of nitrogens with one attached hydrogen (secondary N) is 2. The van der Waals surface area contributed by atoms with Crippen molar-refractivity contribution in [3.63, 3.8) is 0 Å². The Morgan fingerprint density at radius 1 is 1.91 bits per heavy atom. The highest BCUT2D eigenvalue weighted by molar-refractivity contribution is 5.92. The van der Waals surface area contributed by atoms with E-state index in [-0.39, 0.29) is 0 Å². The van der Waals surface area contributed by atoms with Crippen LogP contribution >= 0.6 is 0 Å². The second-order valence-electron chi connectivity index (χ2n) is 1.91. The number of amides is 1. The van der Waals surface area contributed by atoms with Crippen LogP contribution in [0.4, 0.5) is 0 Å². The molecule has 2 N–H and O–H groups in total. The Hall–Kier alpha value is -1.76. The van der Waals surface area contributed by atoms with Gasteiger partial charge >= 0.3 is 0 Å². The summed E-state index contributed by atoms with van der Waals surface area (Å²) in [6.07, 6.45) is 6.43. The second kappa shape index (κ2) is 3.42. The van der Waals surface area contributed by atoms with E-state index in [4.69, 9.17) is 6.42 Å². The molecular weight excluding hydrogens is 142 g/mol. The molecule has 56 valence electrons. The van der Waals surface area contributed by atoms with Crippen molar-refractivity contribution in [3.05, 3.63) is 18.0 Å². The van der Waals surface area contributed by atoms with Gasteiger partial charge in [-0.3, -0.25) is 9.89 Å². The molecule has 0 saturated carbocycles. The third-order valence-corrected chi connectivity index (χ3v) is 1.13. The average molecular weight is 149 g/mol. The van der Waals surface area contributed by atoms with Crippen molar-refractivity contribution in [3.8, 4) is 12.3 Å². The molecule has 1 rings (SSSR count). The lowest BCUT2D eigenvalue weighted by Crippen LogP contribution is -2.20. The highest BCUT2D eigenvalue weighted by Gasteiger charge is 1.95. The van der Waals surface area contributed by atoms with E-state index in [1.54, 1.807) is 12.3 Å². The van der Waals surface area contributed by atoms with Crippen molar-refractivity contribution in [2.75, 3.05) is 0 Å². The minimum absolute atomic E-state index is 0.392.